The summed E-state index contributed by atoms with van der Waals surface area (Å²) >= 11 is 1.66. The summed E-state index contributed by atoms with van der Waals surface area (Å²) in [6, 6.07) is 15.9. The lowest BCUT2D eigenvalue weighted by Crippen LogP contribution is -2.30. The van der Waals surface area contributed by atoms with Crippen molar-refractivity contribution in [3.05, 3.63) is 87.9 Å². The van der Waals surface area contributed by atoms with Crippen molar-refractivity contribution < 1.29 is 18.7 Å². The molecular weight excluding hydrogens is 365 g/mol. The van der Waals surface area contributed by atoms with E-state index in [1.165, 1.54) is 29.1 Å². The third-order valence-electron chi connectivity index (χ3n) is 3.87. The van der Waals surface area contributed by atoms with Crippen molar-refractivity contribution in [2.45, 2.75) is 6.42 Å². The first-order valence-corrected chi connectivity index (χ1v) is 9.32. The molecule has 4 nitrogen and oxygen atoms in total. The van der Waals surface area contributed by atoms with Gasteiger partial charge in [-0.3, -0.25) is 9.59 Å². The fourth-order valence-electron chi connectivity index (χ4n) is 2.45. The number of ketones is 1. The minimum atomic E-state index is -0.385. The number of ether oxygens (including phenoxy) is 1. The normalized spacial score (nSPS) is 10.4. The smallest absolute Gasteiger partial charge is 0.257 e. The number of thiophene rings is 1. The number of benzene rings is 2. The van der Waals surface area contributed by atoms with Crippen LogP contribution in [0.5, 0.6) is 5.75 Å². The zero-order valence-corrected chi connectivity index (χ0v) is 15.3. The average Bonchev–Trinajstić information content (AvgIpc) is 3.20. The first-order chi connectivity index (χ1) is 13.1. The SMILES string of the molecule is O=C(COc1ccc(C(=O)c2ccc(F)cc2)cc1)NCCc1cccs1. The van der Waals surface area contributed by atoms with E-state index in [0.29, 0.717) is 23.4 Å². The quantitative estimate of drug-likeness (QED) is 0.601. The van der Waals surface area contributed by atoms with Crippen molar-refractivity contribution in [2.75, 3.05) is 13.2 Å². The molecule has 0 unspecified atom stereocenters. The van der Waals surface area contributed by atoms with Crippen molar-refractivity contribution in [2.24, 2.45) is 0 Å². The molecule has 138 valence electrons. The van der Waals surface area contributed by atoms with Gasteiger partial charge in [-0.15, -0.1) is 11.3 Å². The molecule has 0 radical (unpaired) electrons. The van der Waals surface area contributed by atoms with Crippen LogP contribution in [0.4, 0.5) is 4.39 Å². The Morgan fingerprint density at radius 1 is 0.963 bits per heavy atom. The van der Waals surface area contributed by atoms with Gasteiger partial charge in [-0.05, 0) is 66.4 Å². The van der Waals surface area contributed by atoms with Crippen LogP contribution in [0.25, 0.3) is 0 Å². The second-order valence-corrected chi connectivity index (χ2v) is 6.86. The Kier molecular flexibility index (Phi) is 6.33. The summed E-state index contributed by atoms with van der Waals surface area (Å²) in [6.07, 6.45) is 0.795. The minimum absolute atomic E-state index is 0.0876. The largest absolute Gasteiger partial charge is 0.484 e. The lowest BCUT2D eigenvalue weighted by molar-refractivity contribution is -0.123. The maximum atomic E-state index is 12.9. The van der Waals surface area contributed by atoms with Crippen molar-refractivity contribution in [3.8, 4) is 5.75 Å². The molecular formula is C21H18FNO3S. The van der Waals surface area contributed by atoms with Crippen molar-refractivity contribution in [3.63, 3.8) is 0 Å². The van der Waals surface area contributed by atoms with Gasteiger partial charge in [0.1, 0.15) is 11.6 Å². The molecule has 27 heavy (non-hydrogen) atoms. The third-order valence-corrected chi connectivity index (χ3v) is 4.80. The van der Waals surface area contributed by atoms with Crippen LogP contribution < -0.4 is 10.1 Å². The van der Waals surface area contributed by atoms with Gasteiger partial charge in [0, 0.05) is 22.5 Å². The Bertz CT molecular complexity index is 890. The number of hydrogen-bond donors (Lipinski definition) is 1. The summed E-state index contributed by atoms with van der Waals surface area (Å²) in [7, 11) is 0. The summed E-state index contributed by atoms with van der Waals surface area (Å²) in [6.45, 7) is 0.476. The summed E-state index contributed by atoms with van der Waals surface area (Å²) in [5.41, 5.74) is 0.879. The highest BCUT2D eigenvalue weighted by Crippen LogP contribution is 2.16. The van der Waals surface area contributed by atoms with E-state index in [4.69, 9.17) is 4.74 Å². The predicted octanol–water partition coefficient (Wildman–Crippen LogP) is 3.86. The number of carbonyl (C=O) groups excluding carboxylic acids is 2. The van der Waals surface area contributed by atoms with Gasteiger partial charge < -0.3 is 10.1 Å². The van der Waals surface area contributed by atoms with Gasteiger partial charge in [0.25, 0.3) is 5.91 Å². The van der Waals surface area contributed by atoms with Gasteiger partial charge in [0.05, 0.1) is 0 Å². The molecule has 0 saturated carbocycles. The van der Waals surface area contributed by atoms with Gasteiger partial charge in [-0.25, -0.2) is 4.39 Å². The Morgan fingerprint density at radius 3 is 2.26 bits per heavy atom. The highest BCUT2D eigenvalue weighted by molar-refractivity contribution is 7.09. The van der Waals surface area contributed by atoms with E-state index in [-0.39, 0.29) is 24.1 Å². The minimum Gasteiger partial charge on any atom is -0.484 e. The van der Waals surface area contributed by atoms with Crippen LogP contribution in [0.3, 0.4) is 0 Å². The number of carbonyl (C=O) groups is 2. The molecule has 0 atom stereocenters. The van der Waals surface area contributed by atoms with Crippen LogP contribution in [0.2, 0.25) is 0 Å². The monoisotopic (exact) mass is 383 g/mol. The summed E-state index contributed by atoms with van der Waals surface area (Å²) < 4.78 is 18.4. The number of rotatable bonds is 8. The highest BCUT2D eigenvalue weighted by atomic mass is 32.1. The third kappa shape index (κ3) is 5.49. The number of halogens is 1. The lowest BCUT2D eigenvalue weighted by atomic mass is 10.0. The summed E-state index contributed by atoms with van der Waals surface area (Å²) in [5.74, 6) is -0.283. The lowest BCUT2D eigenvalue weighted by Gasteiger charge is -2.08. The topological polar surface area (TPSA) is 55.4 Å². The van der Waals surface area contributed by atoms with Crippen LogP contribution in [0, 0.1) is 5.82 Å². The average molecular weight is 383 g/mol. The molecule has 0 fully saturated rings. The first kappa shape index (κ1) is 18.8. The molecule has 6 heteroatoms. The maximum absolute atomic E-state index is 12.9. The van der Waals surface area contributed by atoms with E-state index in [2.05, 4.69) is 5.32 Å². The van der Waals surface area contributed by atoms with Gasteiger partial charge in [0.2, 0.25) is 0 Å². The van der Waals surface area contributed by atoms with E-state index in [1.54, 1.807) is 35.6 Å². The van der Waals surface area contributed by atoms with Crippen LogP contribution in [-0.4, -0.2) is 24.8 Å². The molecule has 3 aromatic rings. The predicted molar refractivity (Wildman–Crippen MR) is 103 cm³/mol. The van der Waals surface area contributed by atoms with E-state index in [0.717, 1.165) is 6.42 Å². The number of hydrogen-bond acceptors (Lipinski definition) is 4. The fraction of sp³-hybridized carbons (Fsp3) is 0.143. The molecule has 2 aromatic carbocycles. The molecule has 1 N–H and O–H groups in total. The van der Waals surface area contributed by atoms with Gasteiger partial charge in [-0.1, -0.05) is 6.07 Å². The standard InChI is InChI=1S/C21H18FNO3S/c22-17-7-3-15(4-8-17)21(25)16-5-9-18(10-6-16)26-14-20(24)23-12-11-19-2-1-13-27-19/h1-10,13H,11-12,14H2,(H,23,24). The van der Waals surface area contributed by atoms with Gasteiger partial charge in [0.15, 0.2) is 12.4 Å². The molecule has 1 aromatic heterocycles. The molecule has 0 bridgehead atoms. The van der Waals surface area contributed by atoms with E-state index in [1.807, 2.05) is 17.5 Å². The van der Waals surface area contributed by atoms with Crippen molar-refractivity contribution >= 4 is 23.0 Å². The Balaban J connectivity index is 1.46. The van der Waals surface area contributed by atoms with Gasteiger partial charge in [-0.2, -0.15) is 0 Å². The Labute approximate surface area is 160 Å². The van der Waals surface area contributed by atoms with E-state index >= 15 is 0 Å². The molecule has 0 aliphatic heterocycles. The molecule has 0 spiro atoms. The van der Waals surface area contributed by atoms with Crippen LogP contribution in [0.1, 0.15) is 20.8 Å². The second kappa shape index (κ2) is 9.09. The zero-order chi connectivity index (χ0) is 19.1. The molecule has 0 aliphatic carbocycles. The molecule has 0 aliphatic rings. The summed E-state index contributed by atoms with van der Waals surface area (Å²) in [5, 5.41) is 4.81. The Morgan fingerprint density at radius 2 is 1.63 bits per heavy atom. The highest BCUT2D eigenvalue weighted by Gasteiger charge is 2.10. The number of amides is 1. The zero-order valence-electron chi connectivity index (χ0n) is 14.5. The second-order valence-electron chi connectivity index (χ2n) is 5.83. The first-order valence-electron chi connectivity index (χ1n) is 8.44. The van der Waals surface area contributed by atoms with Crippen molar-refractivity contribution in [1.29, 1.82) is 0 Å². The molecule has 1 heterocycles. The number of nitrogens with one attached hydrogen (secondary N) is 1. The van der Waals surface area contributed by atoms with E-state index in [9.17, 15) is 14.0 Å². The summed E-state index contributed by atoms with van der Waals surface area (Å²) in [4.78, 5) is 25.4. The van der Waals surface area contributed by atoms with Crippen LogP contribution >= 0.6 is 11.3 Å². The molecule has 1 amide bonds. The molecule has 0 saturated heterocycles. The molecule has 3 rings (SSSR count). The maximum Gasteiger partial charge on any atom is 0.257 e. The van der Waals surface area contributed by atoms with E-state index < -0.39 is 0 Å². The van der Waals surface area contributed by atoms with Crippen LogP contribution in [-0.2, 0) is 11.2 Å². The fourth-order valence-corrected chi connectivity index (χ4v) is 3.16. The van der Waals surface area contributed by atoms with Gasteiger partial charge >= 0.3 is 0 Å². The Hall–Kier alpha value is -2.99. The van der Waals surface area contributed by atoms with Crippen LogP contribution in [0.15, 0.2) is 66.0 Å². The van der Waals surface area contributed by atoms with Crippen molar-refractivity contribution in [1.82, 2.24) is 5.32 Å².